The number of aryl methyl sites for hydroxylation is 2. The molecule has 3 N–H and O–H groups in total. The summed E-state index contributed by atoms with van der Waals surface area (Å²) in [5.41, 5.74) is 12.5. The van der Waals surface area contributed by atoms with Crippen LogP contribution in [-0.2, 0) is 26.2 Å². The number of nitrogens with two attached hydrogens (primary N) is 1. The summed E-state index contributed by atoms with van der Waals surface area (Å²) >= 11 is 0. The van der Waals surface area contributed by atoms with Crippen LogP contribution in [0.25, 0.3) is 22.6 Å². The Kier molecular flexibility index (Phi) is 11.9. The number of ether oxygens (including phenoxy) is 5. The van der Waals surface area contributed by atoms with Gasteiger partial charge >= 0.3 is 0 Å². The Hall–Kier alpha value is -6.25. The van der Waals surface area contributed by atoms with E-state index in [-0.39, 0.29) is 12.4 Å². The third kappa shape index (κ3) is 8.23. The zero-order chi connectivity index (χ0) is 40.8. The van der Waals surface area contributed by atoms with Gasteiger partial charge in [-0.15, -0.1) is 0 Å². The lowest BCUT2D eigenvalue weighted by Crippen LogP contribution is -2.40. The van der Waals surface area contributed by atoms with Crippen molar-refractivity contribution < 1.29 is 28.8 Å². The van der Waals surface area contributed by atoms with Gasteiger partial charge in [0.05, 0.1) is 38.5 Å². The first-order valence-electron chi connectivity index (χ1n) is 19.6. The van der Waals surface area contributed by atoms with E-state index >= 15 is 0 Å². The second-order valence-corrected chi connectivity index (χ2v) is 14.5. The van der Waals surface area contributed by atoms with Crippen LogP contribution in [0.2, 0.25) is 0 Å². The minimum Gasteiger partial charge on any atom is -0.497 e. The van der Waals surface area contributed by atoms with Crippen molar-refractivity contribution in [2.75, 3.05) is 33.2 Å². The second kappa shape index (κ2) is 17.7. The van der Waals surface area contributed by atoms with Gasteiger partial charge < -0.3 is 34.5 Å². The van der Waals surface area contributed by atoms with E-state index < -0.39 is 30.1 Å². The van der Waals surface area contributed by atoms with E-state index in [0.717, 1.165) is 58.5 Å². The molecule has 0 bridgehead atoms. The molecule has 0 unspecified atom stereocenters. The number of methoxy groups -OCH3 is 2. The first-order valence-corrected chi connectivity index (χ1v) is 19.6. The molecule has 1 fully saturated rings. The summed E-state index contributed by atoms with van der Waals surface area (Å²) in [5, 5.41) is 12.1. The molecule has 5 heterocycles. The van der Waals surface area contributed by atoms with E-state index in [2.05, 4.69) is 31.0 Å². The number of unbranched alkanes of at least 4 members (excludes halogenated alkanes) is 1. The lowest BCUT2D eigenvalue weighted by Gasteiger charge is -2.37. The fraction of sp³-hybridized carbons (Fsp3) is 0.283. The normalized spacial score (nSPS) is 18.0. The minimum absolute atomic E-state index is 0.00555. The van der Waals surface area contributed by atoms with Crippen molar-refractivity contribution >= 4 is 17.0 Å². The number of hydrogen-bond donors (Lipinski definition) is 2. The van der Waals surface area contributed by atoms with E-state index in [1.807, 2.05) is 110 Å². The Morgan fingerprint density at radius 1 is 0.763 bits per heavy atom. The molecular weight excluding hydrogens is 747 g/mol. The minimum atomic E-state index is -1.12. The molecule has 4 atom stereocenters. The Bertz CT molecular complexity index is 2420. The Balaban J connectivity index is 1.05. The van der Waals surface area contributed by atoms with Crippen molar-refractivity contribution in [3.8, 4) is 22.9 Å². The summed E-state index contributed by atoms with van der Waals surface area (Å²) in [7, 11) is 3.27. The Morgan fingerprint density at radius 2 is 1.42 bits per heavy atom. The summed E-state index contributed by atoms with van der Waals surface area (Å²) in [6, 6.07) is 33.7. The highest BCUT2D eigenvalue weighted by molar-refractivity contribution is 5.81. The molecule has 13 nitrogen and oxygen atoms in total. The number of fused-ring (bicyclic) bond motifs is 1. The number of hydrogen-bond acceptors (Lipinski definition) is 12. The third-order valence-corrected chi connectivity index (χ3v) is 10.8. The van der Waals surface area contributed by atoms with Gasteiger partial charge in [-0.25, -0.2) is 15.0 Å². The molecule has 59 heavy (non-hydrogen) atoms. The monoisotopic (exact) mass is 793 g/mol. The fourth-order valence-electron chi connectivity index (χ4n) is 7.69. The zero-order valence-electron chi connectivity index (χ0n) is 33.2. The molecule has 0 aliphatic carbocycles. The van der Waals surface area contributed by atoms with Gasteiger partial charge in [0, 0.05) is 19.0 Å². The number of benzene rings is 3. The topological polar surface area (TPSA) is 162 Å². The molecule has 0 saturated carbocycles. The van der Waals surface area contributed by atoms with Crippen LogP contribution in [0.4, 0.5) is 5.82 Å². The first-order chi connectivity index (χ1) is 28.9. The highest BCUT2D eigenvalue weighted by Crippen LogP contribution is 2.43. The molecule has 3 aromatic carbocycles. The predicted molar refractivity (Wildman–Crippen MR) is 223 cm³/mol. The number of anilines is 1. The summed E-state index contributed by atoms with van der Waals surface area (Å²) in [6.45, 7) is 2.42. The van der Waals surface area contributed by atoms with Crippen LogP contribution < -0.4 is 15.2 Å². The van der Waals surface area contributed by atoms with Crippen LogP contribution >= 0.6 is 0 Å². The molecule has 0 spiro atoms. The summed E-state index contributed by atoms with van der Waals surface area (Å²) < 4.78 is 33.2. The van der Waals surface area contributed by atoms with Gasteiger partial charge in [-0.1, -0.05) is 54.6 Å². The second-order valence-electron chi connectivity index (χ2n) is 14.5. The fourth-order valence-corrected chi connectivity index (χ4v) is 7.69. The quantitative estimate of drug-likeness (QED) is 0.0773. The van der Waals surface area contributed by atoms with Crippen LogP contribution in [-0.4, -0.2) is 80.3 Å². The maximum absolute atomic E-state index is 12.1. The van der Waals surface area contributed by atoms with Crippen molar-refractivity contribution in [2.24, 2.45) is 0 Å². The summed E-state index contributed by atoms with van der Waals surface area (Å²) in [6.07, 6.45) is 5.55. The van der Waals surface area contributed by atoms with E-state index in [1.165, 1.54) is 6.33 Å². The molecule has 7 aromatic rings. The number of aromatic nitrogens is 6. The molecular formula is C46H47N7O6. The molecule has 4 aromatic heterocycles. The van der Waals surface area contributed by atoms with Crippen LogP contribution in [0.3, 0.4) is 0 Å². The smallest absolute Gasteiger partial charge is 0.167 e. The molecule has 1 aliphatic heterocycles. The van der Waals surface area contributed by atoms with Crippen molar-refractivity contribution in [3.63, 3.8) is 0 Å². The maximum atomic E-state index is 12.1. The highest BCUT2D eigenvalue weighted by Gasteiger charge is 2.48. The van der Waals surface area contributed by atoms with E-state index in [9.17, 15) is 5.11 Å². The molecule has 1 saturated heterocycles. The highest BCUT2D eigenvalue weighted by atomic mass is 16.6. The number of aliphatic hydroxyl groups is 1. The number of pyridine rings is 2. The van der Waals surface area contributed by atoms with E-state index in [4.69, 9.17) is 29.4 Å². The predicted octanol–water partition coefficient (Wildman–Crippen LogP) is 6.87. The maximum Gasteiger partial charge on any atom is 0.167 e. The van der Waals surface area contributed by atoms with Crippen LogP contribution in [0, 0.1) is 6.92 Å². The molecule has 0 radical (unpaired) electrons. The Labute approximate surface area is 342 Å². The van der Waals surface area contributed by atoms with Crippen LogP contribution in [0.15, 0.2) is 128 Å². The zero-order valence-corrected chi connectivity index (χ0v) is 33.2. The van der Waals surface area contributed by atoms with Gasteiger partial charge in [0.2, 0.25) is 0 Å². The molecule has 0 amide bonds. The number of nitrogen functional groups attached to an aromatic ring is 1. The lowest BCUT2D eigenvalue weighted by molar-refractivity contribution is -0.0960. The largest absolute Gasteiger partial charge is 0.497 e. The molecule has 1 aliphatic rings. The molecule has 13 heteroatoms. The lowest BCUT2D eigenvalue weighted by atomic mass is 9.80. The van der Waals surface area contributed by atoms with Crippen LogP contribution in [0.1, 0.15) is 46.9 Å². The van der Waals surface area contributed by atoms with Gasteiger partial charge in [-0.2, -0.15) is 0 Å². The van der Waals surface area contributed by atoms with Crippen molar-refractivity contribution in [1.82, 2.24) is 29.5 Å². The summed E-state index contributed by atoms with van der Waals surface area (Å²) in [5.74, 6) is 1.67. The number of aliphatic hydroxyl groups excluding tert-OH is 1. The van der Waals surface area contributed by atoms with Gasteiger partial charge in [0.15, 0.2) is 17.7 Å². The Morgan fingerprint density at radius 3 is 2.10 bits per heavy atom. The first kappa shape index (κ1) is 39.6. The average molecular weight is 794 g/mol. The van der Waals surface area contributed by atoms with Crippen molar-refractivity contribution in [2.45, 2.75) is 56.3 Å². The standard InChI is InChI=1S/C46H47N7O6/c1-30-20-22-48-37(25-30)38-26-31(21-23-49-38)9-7-8-24-57-42-41(54)39(59-45(42)53-29-52-40-43(47)50-28-51-44(40)53)27-58-46(32-10-5-4-6-11-32,33-12-16-35(55-2)17-13-33)34-14-18-36(56-3)19-15-34/h4-6,10-23,25-26,28-29,39,41-42,45,54H,7-9,24,27H2,1-3H3,(H2,47,50,51)/t39-,41-,42-,45-/m1/s1. The van der Waals surface area contributed by atoms with E-state index in [1.54, 1.807) is 31.3 Å². The molecule has 8 rings (SSSR count). The number of nitrogens with zero attached hydrogens (tertiary/aromatic N) is 6. The number of rotatable bonds is 16. The summed E-state index contributed by atoms with van der Waals surface area (Å²) in [4.78, 5) is 22.1. The molecule has 302 valence electrons. The van der Waals surface area contributed by atoms with Gasteiger partial charge in [-0.3, -0.25) is 14.5 Å². The van der Waals surface area contributed by atoms with Crippen LogP contribution in [0.5, 0.6) is 11.5 Å². The van der Waals surface area contributed by atoms with Gasteiger partial charge in [0.1, 0.15) is 47.3 Å². The number of imidazole rings is 1. The van der Waals surface area contributed by atoms with Crippen molar-refractivity contribution in [3.05, 3.63) is 156 Å². The average Bonchev–Trinajstić information content (AvgIpc) is 3.85. The van der Waals surface area contributed by atoms with Gasteiger partial charge in [0.25, 0.3) is 0 Å². The van der Waals surface area contributed by atoms with Gasteiger partial charge in [-0.05, 0) is 103 Å². The third-order valence-electron chi connectivity index (χ3n) is 10.8. The van der Waals surface area contributed by atoms with Crippen molar-refractivity contribution in [1.29, 1.82) is 0 Å². The SMILES string of the molecule is COc1ccc(C(OC[C@H]2O[C@@H](n3cnc4c(N)ncnc43)[C@H](OCCCCc3ccnc(-c4cc(C)ccn4)c3)[C@@H]2O)(c2ccccc2)c2ccc(OC)cc2)cc1. The van der Waals surface area contributed by atoms with E-state index in [0.29, 0.717) is 29.3 Å².